The molecule has 1 aromatic heterocycles. The van der Waals surface area contributed by atoms with Gasteiger partial charge in [-0.05, 0) is 12.5 Å². The highest BCUT2D eigenvalue weighted by atomic mass is 35.5. The van der Waals surface area contributed by atoms with Crippen molar-refractivity contribution in [2.45, 2.75) is 13.5 Å². The van der Waals surface area contributed by atoms with Crippen LogP contribution in [0.4, 0.5) is 0 Å². The SMILES string of the molecule is C=CCNC(=O)c1nnn(Cc2ccc(C)cc2)c1Cl. The third-order valence-corrected chi connectivity index (χ3v) is 3.12. The molecule has 0 atom stereocenters. The minimum absolute atomic E-state index is 0.126. The fraction of sp³-hybridized carbons (Fsp3) is 0.214. The molecule has 1 aromatic carbocycles. The lowest BCUT2D eigenvalue weighted by Gasteiger charge is -2.03. The van der Waals surface area contributed by atoms with Crippen molar-refractivity contribution < 1.29 is 4.79 Å². The number of nitrogens with one attached hydrogen (secondary N) is 1. The van der Waals surface area contributed by atoms with Gasteiger partial charge in [-0.3, -0.25) is 4.79 Å². The van der Waals surface area contributed by atoms with E-state index in [0.717, 1.165) is 5.56 Å². The highest BCUT2D eigenvalue weighted by Gasteiger charge is 2.17. The first-order valence-electron chi connectivity index (χ1n) is 6.15. The number of aromatic nitrogens is 3. The molecule has 0 unspecified atom stereocenters. The maximum absolute atomic E-state index is 11.8. The summed E-state index contributed by atoms with van der Waals surface area (Å²) in [5, 5.41) is 10.6. The Morgan fingerprint density at radius 2 is 2.15 bits per heavy atom. The fourth-order valence-corrected chi connectivity index (χ4v) is 1.87. The minimum atomic E-state index is -0.356. The smallest absolute Gasteiger partial charge is 0.275 e. The summed E-state index contributed by atoms with van der Waals surface area (Å²) in [6.07, 6.45) is 1.59. The maximum atomic E-state index is 11.8. The second-order valence-corrected chi connectivity index (χ2v) is 4.73. The second-order valence-electron chi connectivity index (χ2n) is 4.37. The molecule has 6 heteroatoms. The van der Waals surface area contributed by atoms with E-state index < -0.39 is 0 Å². The number of halogens is 1. The van der Waals surface area contributed by atoms with E-state index >= 15 is 0 Å². The van der Waals surface area contributed by atoms with Crippen molar-refractivity contribution in [3.63, 3.8) is 0 Å². The monoisotopic (exact) mass is 290 g/mol. The molecule has 1 amide bonds. The zero-order valence-electron chi connectivity index (χ0n) is 11.1. The Hall–Kier alpha value is -2.14. The standard InChI is InChI=1S/C14H15ClN4O/c1-3-8-16-14(20)12-13(15)19(18-17-12)9-11-6-4-10(2)5-7-11/h3-7H,1,8-9H2,2H3,(H,16,20). The van der Waals surface area contributed by atoms with E-state index in [-0.39, 0.29) is 16.8 Å². The third-order valence-electron chi connectivity index (χ3n) is 2.75. The number of carbonyl (C=O) groups is 1. The Balaban J connectivity index is 2.14. The molecule has 2 aromatic rings. The lowest BCUT2D eigenvalue weighted by molar-refractivity contribution is 0.0953. The van der Waals surface area contributed by atoms with Crippen molar-refractivity contribution >= 4 is 17.5 Å². The minimum Gasteiger partial charge on any atom is -0.347 e. The van der Waals surface area contributed by atoms with Gasteiger partial charge < -0.3 is 5.32 Å². The molecule has 20 heavy (non-hydrogen) atoms. The van der Waals surface area contributed by atoms with Crippen LogP contribution in [0.2, 0.25) is 5.15 Å². The van der Waals surface area contributed by atoms with Gasteiger partial charge in [-0.25, -0.2) is 4.68 Å². The van der Waals surface area contributed by atoms with E-state index in [4.69, 9.17) is 11.6 Å². The van der Waals surface area contributed by atoms with Crippen LogP contribution in [-0.2, 0) is 6.54 Å². The van der Waals surface area contributed by atoms with Gasteiger partial charge in [0.15, 0.2) is 10.8 Å². The molecule has 0 spiro atoms. The Bertz CT molecular complexity index is 619. The van der Waals surface area contributed by atoms with Crippen LogP contribution in [0.5, 0.6) is 0 Å². The van der Waals surface area contributed by atoms with Gasteiger partial charge in [-0.1, -0.05) is 52.7 Å². The summed E-state index contributed by atoms with van der Waals surface area (Å²) >= 11 is 6.13. The third kappa shape index (κ3) is 3.24. The first-order valence-corrected chi connectivity index (χ1v) is 6.53. The predicted molar refractivity (Wildman–Crippen MR) is 77.8 cm³/mol. The molecule has 0 saturated carbocycles. The Morgan fingerprint density at radius 1 is 1.45 bits per heavy atom. The molecule has 0 aliphatic rings. The van der Waals surface area contributed by atoms with E-state index in [1.54, 1.807) is 6.08 Å². The fourth-order valence-electron chi connectivity index (χ4n) is 1.66. The number of hydrogen-bond donors (Lipinski definition) is 1. The summed E-state index contributed by atoms with van der Waals surface area (Å²) in [5.74, 6) is -0.356. The molecule has 0 aliphatic heterocycles. The Labute approximate surface area is 122 Å². The van der Waals surface area contributed by atoms with Gasteiger partial charge in [0.25, 0.3) is 5.91 Å². The second kappa shape index (κ2) is 6.34. The highest BCUT2D eigenvalue weighted by molar-refractivity contribution is 6.32. The molecule has 0 fully saturated rings. The maximum Gasteiger partial charge on any atom is 0.275 e. The quantitative estimate of drug-likeness (QED) is 0.859. The lowest BCUT2D eigenvalue weighted by Crippen LogP contribution is -2.24. The molecule has 0 saturated heterocycles. The summed E-state index contributed by atoms with van der Waals surface area (Å²) in [4.78, 5) is 11.8. The normalized spacial score (nSPS) is 10.3. The van der Waals surface area contributed by atoms with Gasteiger partial charge >= 0.3 is 0 Å². The van der Waals surface area contributed by atoms with Crippen LogP contribution in [0, 0.1) is 6.92 Å². The summed E-state index contributed by atoms with van der Waals surface area (Å²) < 4.78 is 1.50. The zero-order chi connectivity index (χ0) is 14.5. The van der Waals surface area contributed by atoms with Gasteiger partial charge in [-0.15, -0.1) is 11.7 Å². The molecular formula is C14H15ClN4O. The first-order chi connectivity index (χ1) is 9.61. The molecule has 0 aliphatic carbocycles. The van der Waals surface area contributed by atoms with Crippen molar-refractivity contribution in [1.29, 1.82) is 0 Å². The predicted octanol–water partition coefficient (Wildman–Crippen LogP) is 2.20. The van der Waals surface area contributed by atoms with Crippen LogP contribution in [0.1, 0.15) is 21.6 Å². The Kier molecular flexibility index (Phi) is 4.53. The molecule has 5 nitrogen and oxygen atoms in total. The van der Waals surface area contributed by atoms with Gasteiger partial charge in [0.05, 0.1) is 6.54 Å². The number of benzene rings is 1. The molecular weight excluding hydrogens is 276 g/mol. The Morgan fingerprint density at radius 3 is 2.80 bits per heavy atom. The molecule has 2 rings (SSSR count). The molecule has 104 valence electrons. The molecule has 0 radical (unpaired) electrons. The first kappa shape index (κ1) is 14.3. The van der Waals surface area contributed by atoms with E-state index in [2.05, 4.69) is 22.2 Å². The molecule has 0 bridgehead atoms. The number of rotatable bonds is 5. The van der Waals surface area contributed by atoms with Gasteiger partial charge in [0, 0.05) is 6.54 Å². The van der Waals surface area contributed by atoms with Crippen LogP contribution in [0.3, 0.4) is 0 Å². The summed E-state index contributed by atoms with van der Waals surface area (Å²) in [7, 11) is 0. The van der Waals surface area contributed by atoms with Crippen molar-refractivity contribution in [3.8, 4) is 0 Å². The van der Waals surface area contributed by atoms with Crippen LogP contribution < -0.4 is 5.32 Å². The van der Waals surface area contributed by atoms with Crippen LogP contribution in [0.15, 0.2) is 36.9 Å². The molecule has 1 heterocycles. The lowest BCUT2D eigenvalue weighted by atomic mass is 10.1. The summed E-state index contributed by atoms with van der Waals surface area (Å²) in [6, 6.07) is 8.01. The van der Waals surface area contributed by atoms with Gasteiger partial charge in [0.2, 0.25) is 0 Å². The van der Waals surface area contributed by atoms with Crippen molar-refractivity contribution in [1.82, 2.24) is 20.3 Å². The average Bonchev–Trinajstić information content (AvgIpc) is 2.80. The highest BCUT2D eigenvalue weighted by Crippen LogP contribution is 2.15. The van der Waals surface area contributed by atoms with Crippen LogP contribution in [0.25, 0.3) is 0 Å². The topological polar surface area (TPSA) is 59.8 Å². The van der Waals surface area contributed by atoms with Crippen LogP contribution >= 0.6 is 11.6 Å². The van der Waals surface area contributed by atoms with Crippen molar-refractivity contribution in [2.75, 3.05) is 6.54 Å². The van der Waals surface area contributed by atoms with E-state index in [1.165, 1.54) is 10.2 Å². The number of aryl methyl sites for hydroxylation is 1. The van der Waals surface area contributed by atoms with E-state index in [9.17, 15) is 4.79 Å². The number of nitrogens with zero attached hydrogens (tertiary/aromatic N) is 3. The summed E-state index contributed by atoms with van der Waals surface area (Å²) in [6.45, 7) is 6.38. The number of hydrogen-bond acceptors (Lipinski definition) is 3. The van der Waals surface area contributed by atoms with Crippen LogP contribution in [-0.4, -0.2) is 27.4 Å². The largest absolute Gasteiger partial charge is 0.347 e. The van der Waals surface area contributed by atoms with Gasteiger partial charge in [-0.2, -0.15) is 0 Å². The van der Waals surface area contributed by atoms with Crippen molar-refractivity contribution in [3.05, 3.63) is 58.9 Å². The summed E-state index contributed by atoms with van der Waals surface area (Å²) in [5.41, 5.74) is 2.35. The van der Waals surface area contributed by atoms with Gasteiger partial charge in [0.1, 0.15) is 0 Å². The van der Waals surface area contributed by atoms with E-state index in [1.807, 2.05) is 31.2 Å². The van der Waals surface area contributed by atoms with E-state index in [0.29, 0.717) is 13.1 Å². The zero-order valence-corrected chi connectivity index (χ0v) is 11.9. The number of carbonyl (C=O) groups excluding carboxylic acids is 1. The number of amides is 1. The molecule has 1 N–H and O–H groups in total. The van der Waals surface area contributed by atoms with Crippen molar-refractivity contribution in [2.24, 2.45) is 0 Å². The average molecular weight is 291 g/mol.